The molecular formula is C26H20N2O4. The van der Waals surface area contributed by atoms with Gasteiger partial charge in [0.1, 0.15) is 11.5 Å². The zero-order chi connectivity index (χ0) is 22.2. The number of carbonyl (C=O) groups excluding carboxylic acids is 1. The van der Waals surface area contributed by atoms with Crippen molar-refractivity contribution in [1.29, 1.82) is 0 Å². The fourth-order valence-corrected chi connectivity index (χ4v) is 3.92. The zero-order valence-corrected chi connectivity index (χ0v) is 17.5. The highest BCUT2D eigenvalue weighted by Crippen LogP contribution is 2.30. The SMILES string of the molecule is COc1ccc2c(c1)=C(C=c1ccccc1=Cc1c(O)[nH]c3ccc(OC)cc13)C(=O)N=2. The van der Waals surface area contributed by atoms with Crippen LogP contribution in [0.4, 0.5) is 0 Å². The van der Waals surface area contributed by atoms with Crippen molar-refractivity contribution in [3.8, 4) is 17.4 Å². The summed E-state index contributed by atoms with van der Waals surface area (Å²) in [5.74, 6) is 1.14. The van der Waals surface area contributed by atoms with Gasteiger partial charge >= 0.3 is 0 Å². The number of aromatic nitrogens is 1. The Kier molecular flexibility index (Phi) is 4.75. The average molecular weight is 424 g/mol. The summed E-state index contributed by atoms with van der Waals surface area (Å²) in [7, 11) is 3.20. The third-order valence-electron chi connectivity index (χ3n) is 5.57. The van der Waals surface area contributed by atoms with E-state index >= 15 is 0 Å². The third-order valence-corrected chi connectivity index (χ3v) is 5.57. The number of rotatable bonds is 4. The molecular weight excluding hydrogens is 404 g/mol. The summed E-state index contributed by atoms with van der Waals surface area (Å²) in [4.78, 5) is 19.8. The van der Waals surface area contributed by atoms with E-state index in [9.17, 15) is 9.90 Å². The van der Waals surface area contributed by atoms with Crippen molar-refractivity contribution in [2.75, 3.05) is 14.2 Å². The molecule has 1 amide bonds. The minimum Gasteiger partial charge on any atom is -0.497 e. The maximum Gasteiger partial charge on any atom is 0.278 e. The van der Waals surface area contributed by atoms with Crippen LogP contribution in [0.15, 0.2) is 65.7 Å². The van der Waals surface area contributed by atoms with Crippen molar-refractivity contribution in [3.05, 3.63) is 87.2 Å². The average Bonchev–Trinajstić information content (AvgIpc) is 3.29. The molecule has 6 nitrogen and oxygen atoms in total. The number of carbonyl (C=O) groups is 1. The van der Waals surface area contributed by atoms with Crippen LogP contribution in [-0.2, 0) is 4.79 Å². The van der Waals surface area contributed by atoms with E-state index in [2.05, 4.69) is 9.98 Å². The lowest BCUT2D eigenvalue weighted by Crippen LogP contribution is -2.27. The van der Waals surface area contributed by atoms with Gasteiger partial charge in [-0.15, -0.1) is 0 Å². The number of ether oxygens (including phenoxy) is 2. The van der Waals surface area contributed by atoms with Crippen LogP contribution in [-0.4, -0.2) is 30.2 Å². The van der Waals surface area contributed by atoms with Gasteiger partial charge in [0, 0.05) is 21.7 Å². The minimum atomic E-state index is -0.289. The van der Waals surface area contributed by atoms with Gasteiger partial charge in [0.05, 0.1) is 25.1 Å². The molecule has 2 heterocycles. The Balaban J connectivity index is 1.76. The van der Waals surface area contributed by atoms with Crippen LogP contribution in [0.3, 0.4) is 0 Å². The number of nitrogens with zero attached hydrogens (tertiary/aromatic N) is 1. The van der Waals surface area contributed by atoms with E-state index in [4.69, 9.17) is 9.47 Å². The van der Waals surface area contributed by atoms with Gasteiger partial charge in [-0.1, -0.05) is 24.3 Å². The second-order valence-corrected chi connectivity index (χ2v) is 7.43. The van der Waals surface area contributed by atoms with E-state index in [0.717, 1.165) is 26.6 Å². The first-order chi connectivity index (χ1) is 15.6. The molecule has 3 aromatic carbocycles. The molecule has 2 N–H and O–H groups in total. The number of nitrogens with one attached hydrogen (secondary N) is 1. The topological polar surface area (TPSA) is 83.9 Å². The van der Waals surface area contributed by atoms with E-state index in [0.29, 0.717) is 28.0 Å². The van der Waals surface area contributed by atoms with Gasteiger partial charge in [-0.2, -0.15) is 0 Å². The fraction of sp³-hybridized carbons (Fsp3) is 0.0769. The number of aromatic hydroxyl groups is 1. The van der Waals surface area contributed by atoms with Crippen LogP contribution in [0.25, 0.3) is 28.6 Å². The third kappa shape index (κ3) is 3.32. The molecule has 0 aliphatic carbocycles. The Morgan fingerprint density at radius 1 is 0.906 bits per heavy atom. The molecule has 6 heteroatoms. The summed E-state index contributed by atoms with van der Waals surface area (Å²) in [5.41, 5.74) is 1.95. The number of benzene rings is 3. The molecule has 0 atom stereocenters. The number of hydrogen-bond donors (Lipinski definition) is 2. The van der Waals surface area contributed by atoms with Gasteiger partial charge in [-0.05, 0) is 59.0 Å². The molecule has 1 aromatic heterocycles. The number of aromatic amines is 1. The molecule has 0 radical (unpaired) electrons. The van der Waals surface area contributed by atoms with Gasteiger partial charge in [0.15, 0.2) is 5.88 Å². The number of fused-ring (bicyclic) bond motifs is 2. The first-order valence-corrected chi connectivity index (χ1v) is 10.1. The highest BCUT2D eigenvalue weighted by molar-refractivity contribution is 6.25. The van der Waals surface area contributed by atoms with E-state index in [1.807, 2.05) is 60.7 Å². The Morgan fingerprint density at radius 2 is 1.59 bits per heavy atom. The zero-order valence-electron chi connectivity index (χ0n) is 17.5. The summed E-state index contributed by atoms with van der Waals surface area (Å²) in [6.07, 6.45) is 3.72. The maximum atomic E-state index is 12.6. The normalized spacial score (nSPS) is 14.1. The van der Waals surface area contributed by atoms with Gasteiger partial charge in [0.25, 0.3) is 5.91 Å². The smallest absolute Gasteiger partial charge is 0.278 e. The molecule has 0 fully saturated rings. The largest absolute Gasteiger partial charge is 0.497 e. The van der Waals surface area contributed by atoms with Gasteiger partial charge < -0.3 is 19.6 Å². The monoisotopic (exact) mass is 424 g/mol. The number of amides is 1. The molecule has 0 saturated heterocycles. The van der Waals surface area contributed by atoms with E-state index in [1.165, 1.54) is 0 Å². The lowest BCUT2D eigenvalue weighted by Gasteiger charge is -2.00. The first-order valence-electron chi connectivity index (χ1n) is 10.1. The maximum absolute atomic E-state index is 12.6. The number of methoxy groups -OCH3 is 2. The Labute approximate surface area is 183 Å². The Hall–Kier alpha value is -4.32. The summed E-state index contributed by atoms with van der Waals surface area (Å²) in [6.45, 7) is 0. The molecule has 0 bridgehead atoms. The predicted octanol–water partition coefficient (Wildman–Crippen LogP) is 1.51. The molecule has 5 rings (SSSR count). The van der Waals surface area contributed by atoms with Crippen molar-refractivity contribution < 1.29 is 19.4 Å². The lowest BCUT2D eigenvalue weighted by atomic mass is 10.1. The fourth-order valence-electron chi connectivity index (χ4n) is 3.92. The quantitative estimate of drug-likeness (QED) is 0.520. The van der Waals surface area contributed by atoms with Crippen molar-refractivity contribution in [3.63, 3.8) is 0 Å². The van der Waals surface area contributed by atoms with Crippen molar-refractivity contribution in [1.82, 2.24) is 4.98 Å². The molecule has 4 aromatic rings. The highest BCUT2D eigenvalue weighted by Gasteiger charge is 2.15. The van der Waals surface area contributed by atoms with Gasteiger partial charge in [-0.25, -0.2) is 4.99 Å². The number of hydrogen-bond acceptors (Lipinski definition) is 4. The highest BCUT2D eigenvalue weighted by atomic mass is 16.5. The van der Waals surface area contributed by atoms with Crippen LogP contribution < -0.4 is 30.5 Å². The van der Waals surface area contributed by atoms with Crippen LogP contribution >= 0.6 is 0 Å². The van der Waals surface area contributed by atoms with Crippen molar-refractivity contribution >= 4 is 34.5 Å². The molecule has 0 spiro atoms. The molecule has 0 saturated carbocycles. The number of H-pyrrole nitrogens is 1. The predicted molar refractivity (Wildman–Crippen MR) is 122 cm³/mol. The molecule has 32 heavy (non-hydrogen) atoms. The Bertz CT molecular complexity index is 1630. The molecule has 158 valence electrons. The molecule has 0 unspecified atom stereocenters. The summed E-state index contributed by atoms with van der Waals surface area (Å²) < 4.78 is 10.6. The summed E-state index contributed by atoms with van der Waals surface area (Å²) in [6, 6.07) is 18.6. The summed E-state index contributed by atoms with van der Waals surface area (Å²) in [5, 5.41) is 14.4. The first kappa shape index (κ1) is 19.6. The van der Waals surface area contributed by atoms with Crippen molar-refractivity contribution in [2.45, 2.75) is 0 Å². The van der Waals surface area contributed by atoms with Crippen LogP contribution in [0.1, 0.15) is 5.56 Å². The second kappa shape index (κ2) is 7.74. The molecule has 1 aliphatic rings. The van der Waals surface area contributed by atoms with E-state index < -0.39 is 0 Å². The van der Waals surface area contributed by atoms with E-state index in [-0.39, 0.29) is 11.8 Å². The molecule has 1 aliphatic heterocycles. The lowest BCUT2D eigenvalue weighted by molar-refractivity contribution is -0.112. The minimum absolute atomic E-state index is 0.0673. The standard InChI is InChI=1S/C26H20N2O4/c1-31-17-7-9-23-19(13-17)21(25(29)27-23)11-15-5-3-4-6-16(15)12-22-20-14-18(32-2)8-10-24(20)28-26(22)30/h3-14,27,29H,1-2H3. The van der Waals surface area contributed by atoms with E-state index in [1.54, 1.807) is 26.4 Å². The van der Waals surface area contributed by atoms with Crippen LogP contribution in [0.5, 0.6) is 17.4 Å². The van der Waals surface area contributed by atoms with Crippen LogP contribution in [0.2, 0.25) is 0 Å². The van der Waals surface area contributed by atoms with Gasteiger partial charge in [-0.3, -0.25) is 4.79 Å². The van der Waals surface area contributed by atoms with Gasteiger partial charge in [0.2, 0.25) is 0 Å². The van der Waals surface area contributed by atoms with Crippen molar-refractivity contribution in [2.24, 2.45) is 4.99 Å². The van der Waals surface area contributed by atoms with Crippen LogP contribution in [0, 0.1) is 0 Å². The summed E-state index contributed by atoms with van der Waals surface area (Å²) >= 11 is 0. The second-order valence-electron chi connectivity index (χ2n) is 7.43. The Morgan fingerprint density at radius 3 is 2.34 bits per heavy atom.